The second kappa shape index (κ2) is 9.21. The van der Waals surface area contributed by atoms with Crippen LogP contribution < -0.4 is 16.2 Å². The van der Waals surface area contributed by atoms with Crippen molar-refractivity contribution < 1.29 is 0 Å². The van der Waals surface area contributed by atoms with Crippen LogP contribution in [0, 0.1) is 71.3 Å². The van der Waals surface area contributed by atoms with Crippen LogP contribution in [0.15, 0.2) is 12.1 Å². The van der Waals surface area contributed by atoms with E-state index in [0.717, 1.165) is 0 Å². The van der Waals surface area contributed by atoms with Crippen LogP contribution >= 0.6 is 22.7 Å². The first-order valence-electron chi connectivity index (χ1n) is 9.80. The molecule has 31 heavy (non-hydrogen) atoms. The number of hydrogen-bond donors (Lipinski definition) is 0. The van der Waals surface area contributed by atoms with E-state index < -0.39 is 44.8 Å². The summed E-state index contributed by atoms with van der Waals surface area (Å²) in [5.41, 5.74) is 7.07. The van der Waals surface area contributed by atoms with Gasteiger partial charge < -0.3 is 0 Å². The van der Waals surface area contributed by atoms with Crippen LogP contribution in [-0.2, 0) is 0 Å². The molecular weight excluding hydrogens is 642 g/mol. The third-order valence-corrected chi connectivity index (χ3v) is 29.9. The van der Waals surface area contributed by atoms with Crippen molar-refractivity contribution in [2.75, 3.05) is 0 Å². The molecule has 0 N–H and O–H groups in total. The van der Waals surface area contributed by atoms with E-state index in [4.69, 9.17) is 12.8 Å². The molecule has 0 amide bonds. The average Bonchev–Trinajstić information content (AvgIpc) is 3.35. The molecule has 0 fully saturated rings. The van der Waals surface area contributed by atoms with E-state index >= 15 is 0 Å². The molecule has 0 spiro atoms. The van der Waals surface area contributed by atoms with Gasteiger partial charge in [0.05, 0.1) is 0 Å². The van der Waals surface area contributed by atoms with E-state index in [0.29, 0.717) is 0 Å². The Morgan fingerprint density at radius 2 is 1.03 bits per heavy atom. The predicted molar refractivity (Wildman–Crippen MR) is 147 cm³/mol. The van der Waals surface area contributed by atoms with Gasteiger partial charge in [-0.1, -0.05) is 0 Å². The van der Waals surface area contributed by atoms with Gasteiger partial charge in [0.1, 0.15) is 0 Å². The average molecular weight is 664 g/mol. The molecular formula is C26H22S2SiSn2. The molecule has 5 heteroatoms. The number of terminal acetylenes is 2. The van der Waals surface area contributed by atoms with Crippen LogP contribution in [-0.4, -0.2) is 44.8 Å². The summed E-state index contributed by atoms with van der Waals surface area (Å²) in [5, 5.41) is 2.64. The minimum absolute atomic E-state index is 1.32. The van der Waals surface area contributed by atoms with Gasteiger partial charge >= 0.3 is 206 Å². The first-order valence-corrected chi connectivity index (χ1v) is 33.4. The van der Waals surface area contributed by atoms with E-state index in [9.17, 15) is 0 Å². The molecule has 3 heterocycles. The molecule has 1 aliphatic heterocycles. The predicted octanol–water partition coefficient (Wildman–Crippen LogP) is 2.80. The molecule has 0 bridgehead atoms. The summed E-state index contributed by atoms with van der Waals surface area (Å²) < 4.78 is 3.12. The Labute approximate surface area is 204 Å². The molecule has 0 radical (unpaired) electrons. The normalized spacial score (nSPS) is 12.6. The van der Waals surface area contributed by atoms with Crippen LogP contribution in [0.2, 0.25) is 29.6 Å². The molecule has 0 nitrogen and oxygen atoms in total. The van der Waals surface area contributed by atoms with Crippen molar-refractivity contribution in [3.63, 3.8) is 0 Å². The van der Waals surface area contributed by atoms with E-state index in [-0.39, 0.29) is 0 Å². The molecule has 150 valence electrons. The van der Waals surface area contributed by atoms with Gasteiger partial charge in [0.25, 0.3) is 0 Å². The summed E-state index contributed by atoms with van der Waals surface area (Å²) in [6.45, 7) is 0. The Balaban J connectivity index is 2.40. The molecule has 0 aromatic carbocycles. The molecule has 0 aliphatic carbocycles. The van der Waals surface area contributed by atoms with E-state index in [1.807, 2.05) is 22.7 Å². The van der Waals surface area contributed by atoms with Gasteiger partial charge in [-0.3, -0.25) is 0 Å². The SMILES string of the molecule is C#CC#CC#C[Si]1(C#CC#CC#C)c2c[c]([Sn]([CH3])([CH3])[CH3])sc2-c2s[c]([Sn]([CH3])([CH3])[CH3])cc21. The summed E-state index contributed by atoms with van der Waals surface area (Å²) in [6, 6.07) is 4.84. The Morgan fingerprint density at radius 3 is 1.35 bits per heavy atom. The zero-order valence-electron chi connectivity index (χ0n) is 18.6. The van der Waals surface area contributed by atoms with E-state index in [1.54, 1.807) is 5.79 Å². The minimum atomic E-state index is -2.67. The summed E-state index contributed by atoms with van der Waals surface area (Å²) >= 11 is -0.573. The Hall–Kier alpha value is -1.43. The molecule has 2 aromatic heterocycles. The number of rotatable bonds is 2. The summed E-state index contributed by atoms with van der Waals surface area (Å²) in [4.78, 5) is 17.5. The van der Waals surface area contributed by atoms with Crippen molar-refractivity contribution in [3.8, 4) is 81.1 Å². The molecule has 3 rings (SSSR count). The fourth-order valence-corrected chi connectivity index (χ4v) is 21.4. The number of fused-ring (bicyclic) bond motifs is 3. The topological polar surface area (TPSA) is 0 Å². The van der Waals surface area contributed by atoms with Crippen LogP contribution in [0.1, 0.15) is 0 Å². The van der Waals surface area contributed by atoms with Gasteiger partial charge in [0, 0.05) is 0 Å². The fourth-order valence-electron chi connectivity index (χ4n) is 3.25. The van der Waals surface area contributed by atoms with Gasteiger partial charge in [-0.25, -0.2) is 0 Å². The molecule has 0 saturated carbocycles. The molecule has 0 saturated heterocycles. The summed E-state index contributed by atoms with van der Waals surface area (Å²) in [5.74, 6) is 21.6. The second-order valence-electron chi connectivity index (χ2n) is 9.25. The first kappa shape index (κ1) is 24.2. The molecule has 1 aliphatic rings. The number of hydrogen-bond acceptors (Lipinski definition) is 2. The maximum atomic E-state index is 5.30. The van der Waals surface area contributed by atoms with Gasteiger partial charge in [-0.15, -0.1) is 0 Å². The van der Waals surface area contributed by atoms with Crippen LogP contribution in [0.4, 0.5) is 0 Å². The van der Waals surface area contributed by atoms with Crippen molar-refractivity contribution in [1.82, 2.24) is 0 Å². The van der Waals surface area contributed by atoms with E-state index in [2.05, 4.69) is 100 Å². The van der Waals surface area contributed by atoms with Crippen molar-refractivity contribution in [2.45, 2.75) is 29.6 Å². The van der Waals surface area contributed by atoms with Crippen LogP contribution in [0.3, 0.4) is 0 Å². The maximum absolute atomic E-state index is 5.30. The van der Waals surface area contributed by atoms with E-state index in [1.165, 1.54) is 20.1 Å². The summed E-state index contributed by atoms with van der Waals surface area (Å²) in [7, 11) is -2.67. The van der Waals surface area contributed by atoms with Crippen LogP contribution in [0.5, 0.6) is 0 Å². The quantitative estimate of drug-likeness (QED) is 0.343. The second-order valence-corrected chi connectivity index (χ2v) is 45.3. The monoisotopic (exact) mass is 666 g/mol. The van der Waals surface area contributed by atoms with Gasteiger partial charge in [0.2, 0.25) is 0 Å². The summed E-state index contributed by atoms with van der Waals surface area (Å²) in [6.07, 6.45) is 10.6. The molecule has 2 aromatic rings. The first-order chi connectivity index (χ1) is 14.5. The van der Waals surface area contributed by atoms with Crippen molar-refractivity contribution >= 4 is 83.7 Å². The Kier molecular flexibility index (Phi) is 7.19. The van der Waals surface area contributed by atoms with Gasteiger partial charge in [-0.05, 0) is 0 Å². The van der Waals surface area contributed by atoms with Crippen molar-refractivity contribution in [1.29, 1.82) is 0 Å². The van der Waals surface area contributed by atoms with Gasteiger partial charge in [-0.2, -0.15) is 0 Å². The molecule has 0 atom stereocenters. The van der Waals surface area contributed by atoms with Crippen molar-refractivity contribution in [3.05, 3.63) is 12.1 Å². The van der Waals surface area contributed by atoms with Crippen LogP contribution in [0.25, 0.3) is 9.75 Å². The molecule has 0 unspecified atom stereocenters. The fraction of sp³-hybridized carbons (Fsp3) is 0.231. The van der Waals surface area contributed by atoms with Gasteiger partial charge in [0.15, 0.2) is 0 Å². The standard InChI is InChI=1S/C20H4S2Si.6CH3.2Sn/c1-3-5-7-9-15-23(16-10-8-6-4-2)17-11-13-21-19(17)20-18(23)12-14-22-20;;;;;;;;/h1-2,11-12H;6*1H3;;. The van der Waals surface area contributed by atoms with Crippen molar-refractivity contribution in [2.24, 2.45) is 0 Å². The zero-order chi connectivity index (χ0) is 22.9. The third kappa shape index (κ3) is 4.84. The Morgan fingerprint density at radius 1 is 0.645 bits per heavy atom. The Bertz CT molecular complexity index is 1280. The third-order valence-electron chi connectivity index (χ3n) is 4.85. The zero-order valence-corrected chi connectivity index (χ0v) is 27.0. The number of thiophene rings is 2.